The van der Waals surface area contributed by atoms with Crippen molar-refractivity contribution in [3.8, 4) is 0 Å². The number of hydrogen-bond acceptors (Lipinski definition) is 8. The molecule has 0 fully saturated rings. The van der Waals surface area contributed by atoms with Gasteiger partial charge < -0.3 is 14.3 Å². The van der Waals surface area contributed by atoms with Crippen LogP contribution in [0.2, 0.25) is 0 Å². The molecule has 0 bridgehead atoms. The summed E-state index contributed by atoms with van der Waals surface area (Å²) in [4.78, 5) is 33.5. The van der Waals surface area contributed by atoms with Gasteiger partial charge in [-0.15, -0.1) is 0 Å². The Morgan fingerprint density at radius 1 is 1.08 bits per heavy atom. The van der Waals surface area contributed by atoms with E-state index in [1.165, 1.54) is 0 Å². The van der Waals surface area contributed by atoms with E-state index in [1.807, 2.05) is 0 Å². The molecule has 0 saturated heterocycles. The molecule has 0 amide bonds. The molecule has 1 atom stereocenters. The number of nitrogens with zero attached hydrogens (tertiary/aromatic N) is 1. The summed E-state index contributed by atoms with van der Waals surface area (Å²) in [5.41, 5.74) is 0.267. The topological polar surface area (TPSA) is 104 Å². The molecule has 0 aliphatic heterocycles. The van der Waals surface area contributed by atoms with Crippen LogP contribution in [0.1, 0.15) is 19.4 Å². The van der Waals surface area contributed by atoms with Crippen molar-refractivity contribution < 1.29 is 34.0 Å². The number of hydrogen-bond donors (Lipinski definition) is 1. The number of benzene rings is 1. The molecule has 8 heteroatoms. The van der Waals surface area contributed by atoms with Gasteiger partial charge in [0.15, 0.2) is 0 Å². The summed E-state index contributed by atoms with van der Waals surface area (Å²) >= 11 is 0. The summed E-state index contributed by atoms with van der Waals surface area (Å²) in [6.07, 6.45) is 0.937. The van der Waals surface area contributed by atoms with Gasteiger partial charge in [0.2, 0.25) is 0 Å². The van der Waals surface area contributed by atoms with Crippen LogP contribution in [0.25, 0.3) is 0 Å². The van der Waals surface area contributed by atoms with Crippen LogP contribution in [0.4, 0.5) is 0 Å². The van der Waals surface area contributed by atoms with E-state index in [0.717, 1.165) is 20.3 Å². The first-order valence-corrected chi connectivity index (χ1v) is 6.87. The van der Waals surface area contributed by atoms with E-state index in [4.69, 9.17) is 4.84 Å². The molecule has 24 heavy (non-hydrogen) atoms. The van der Waals surface area contributed by atoms with Crippen molar-refractivity contribution in [2.75, 3.05) is 14.2 Å². The summed E-state index contributed by atoms with van der Waals surface area (Å²) in [6.45, 7) is 3.30. The second-order valence-corrected chi connectivity index (χ2v) is 4.80. The molecule has 130 valence electrons. The van der Waals surface area contributed by atoms with Gasteiger partial charge in [-0.3, -0.25) is 0 Å². The van der Waals surface area contributed by atoms with Crippen molar-refractivity contribution in [1.29, 1.82) is 0 Å². The molecule has 0 aliphatic carbocycles. The zero-order valence-corrected chi connectivity index (χ0v) is 13.8. The Morgan fingerprint density at radius 2 is 1.62 bits per heavy atom. The largest absolute Gasteiger partial charge is 0.465 e. The van der Waals surface area contributed by atoms with Gasteiger partial charge in [0, 0.05) is 11.6 Å². The molecule has 1 unspecified atom stereocenters. The van der Waals surface area contributed by atoms with Crippen LogP contribution >= 0.6 is 0 Å². The van der Waals surface area contributed by atoms with Gasteiger partial charge in [0.1, 0.15) is 5.57 Å². The minimum Gasteiger partial charge on any atom is -0.465 e. The van der Waals surface area contributed by atoms with Crippen molar-refractivity contribution in [2.45, 2.75) is 19.6 Å². The minimum atomic E-state index is -2.05. The molecule has 8 nitrogen and oxygen atoms in total. The van der Waals surface area contributed by atoms with Crippen molar-refractivity contribution >= 4 is 17.7 Å². The SMILES string of the molecule is COC(=O)C(=CC(OO)(ON=C(C)C)c1ccccc1)C(=O)OC. The average Bonchev–Trinajstić information content (AvgIpc) is 2.61. The van der Waals surface area contributed by atoms with Gasteiger partial charge >= 0.3 is 17.7 Å². The first-order valence-electron chi connectivity index (χ1n) is 6.87. The number of oxime groups is 1. The van der Waals surface area contributed by atoms with Gasteiger partial charge in [0.05, 0.1) is 19.9 Å². The molecule has 0 radical (unpaired) electrons. The molecule has 0 aromatic heterocycles. The molecule has 0 aliphatic rings. The fourth-order valence-corrected chi connectivity index (χ4v) is 1.70. The lowest BCUT2D eigenvalue weighted by Crippen LogP contribution is -2.31. The molecule has 1 N–H and O–H groups in total. The highest BCUT2D eigenvalue weighted by Crippen LogP contribution is 2.30. The van der Waals surface area contributed by atoms with Crippen LogP contribution in [0.3, 0.4) is 0 Å². The third kappa shape index (κ3) is 4.64. The Morgan fingerprint density at radius 3 is 2.04 bits per heavy atom. The number of carbonyl (C=O) groups is 2. The maximum absolute atomic E-state index is 11.9. The first-order chi connectivity index (χ1) is 11.4. The van der Waals surface area contributed by atoms with Gasteiger partial charge in [-0.25, -0.2) is 14.8 Å². The number of rotatable bonds is 7. The Balaban J connectivity index is 3.55. The summed E-state index contributed by atoms with van der Waals surface area (Å²) in [7, 11) is 2.19. The van der Waals surface area contributed by atoms with E-state index >= 15 is 0 Å². The van der Waals surface area contributed by atoms with Crippen molar-refractivity contribution in [3.63, 3.8) is 0 Å². The quantitative estimate of drug-likeness (QED) is 0.119. The minimum absolute atomic E-state index is 0.280. The van der Waals surface area contributed by atoms with Crippen LogP contribution in [0.5, 0.6) is 0 Å². The fraction of sp³-hybridized carbons (Fsp3) is 0.312. The summed E-state index contributed by atoms with van der Waals surface area (Å²) < 4.78 is 9.10. The van der Waals surface area contributed by atoms with Crippen LogP contribution in [-0.4, -0.2) is 37.1 Å². The highest BCUT2D eigenvalue weighted by molar-refractivity contribution is 6.14. The molecule has 0 heterocycles. The second-order valence-electron chi connectivity index (χ2n) is 4.80. The lowest BCUT2D eigenvalue weighted by molar-refractivity contribution is -0.393. The zero-order valence-electron chi connectivity index (χ0n) is 13.8. The number of esters is 2. The van der Waals surface area contributed by atoms with Gasteiger partial charge in [-0.05, 0) is 13.8 Å². The predicted molar refractivity (Wildman–Crippen MR) is 83.8 cm³/mol. The lowest BCUT2D eigenvalue weighted by atomic mass is 10.0. The number of ether oxygens (including phenoxy) is 2. The fourth-order valence-electron chi connectivity index (χ4n) is 1.70. The summed E-state index contributed by atoms with van der Waals surface area (Å²) in [6, 6.07) is 8.14. The first kappa shape index (κ1) is 19.3. The third-order valence-corrected chi connectivity index (χ3v) is 2.82. The molecular formula is C16H19NO7. The van der Waals surface area contributed by atoms with Crippen LogP contribution in [0.15, 0.2) is 47.1 Å². The number of methoxy groups -OCH3 is 2. The van der Waals surface area contributed by atoms with Crippen molar-refractivity contribution in [1.82, 2.24) is 0 Å². The molecule has 1 aromatic rings. The van der Waals surface area contributed by atoms with Crippen molar-refractivity contribution in [3.05, 3.63) is 47.5 Å². The van der Waals surface area contributed by atoms with Gasteiger partial charge in [-0.1, -0.05) is 35.5 Å². The average molecular weight is 337 g/mol. The highest BCUT2D eigenvalue weighted by atomic mass is 17.2. The third-order valence-electron chi connectivity index (χ3n) is 2.82. The summed E-state index contributed by atoms with van der Waals surface area (Å²) in [5.74, 6) is -4.02. The van der Waals surface area contributed by atoms with Crippen LogP contribution in [0, 0.1) is 0 Å². The smallest absolute Gasteiger partial charge is 0.345 e. The Bertz CT molecular complexity index is 617. The predicted octanol–water partition coefficient (Wildman–Crippen LogP) is 2.01. The van der Waals surface area contributed by atoms with Gasteiger partial charge in [0.25, 0.3) is 0 Å². The molecule has 0 spiro atoms. The lowest BCUT2D eigenvalue weighted by Gasteiger charge is -2.25. The second kappa shape index (κ2) is 8.80. The van der Waals surface area contributed by atoms with E-state index in [9.17, 15) is 14.8 Å². The normalized spacial score (nSPS) is 12.4. The van der Waals surface area contributed by atoms with Crippen LogP contribution < -0.4 is 0 Å². The van der Waals surface area contributed by atoms with E-state index < -0.39 is 23.3 Å². The molecule has 1 aromatic carbocycles. The monoisotopic (exact) mass is 337 g/mol. The maximum atomic E-state index is 11.9. The van der Waals surface area contributed by atoms with Crippen LogP contribution in [-0.2, 0) is 34.6 Å². The molecule has 0 saturated carbocycles. The number of carbonyl (C=O) groups excluding carboxylic acids is 2. The van der Waals surface area contributed by atoms with E-state index in [0.29, 0.717) is 5.71 Å². The maximum Gasteiger partial charge on any atom is 0.345 e. The Kier molecular flexibility index (Phi) is 7.09. The van der Waals surface area contributed by atoms with E-state index in [1.54, 1.807) is 44.2 Å². The summed E-state index contributed by atoms with van der Waals surface area (Å²) in [5, 5.41) is 13.2. The Hall–Kier alpha value is -2.71. The highest BCUT2D eigenvalue weighted by Gasteiger charge is 2.39. The van der Waals surface area contributed by atoms with E-state index in [2.05, 4.69) is 19.5 Å². The Labute approximate surface area is 139 Å². The van der Waals surface area contributed by atoms with Crippen molar-refractivity contribution in [2.24, 2.45) is 5.16 Å². The molecule has 1 rings (SSSR count). The standard InChI is InChI=1S/C16H19NO7/c1-11(2)17-23-16(24-20,12-8-6-5-7-9-12)10-13(14(18)21-3)15(19)22-4/h5-10,20H,1-4H3. The zero-order chi connectivity index (χ0) is 18.2. The molecular weight excluding hydrogens is 318 g/mol. The van der Waals surface area contributed by atoms with Gasteiger partial charge in [-0.2, -0.15) is 4.89 Å². The van der Waals surface area contributed by atoms with E-state index in [-0.39, 0.29) is 5.56 Å².